The average molecular weight is 351 g/mol. The molecule has 0 aliphatic heterocycles. The Morgan fingerprint density at radius 2 is 1.85 bits per heavy atom. The van der Waals surface area contributed by atoms with Crippen LogP contribution in [0, 0.1) is 0 Å². The Morgan fingerprint density at radius 3 is 2.81 bits per heavy atom. The van der Waals surface area contributed by atoms with Gasteiger partial charge in [-0.1, -0.05) is 6.07 Å². The molecule has 6 aromatic heterocycles. The van der Waals surface area contributed by atoms with Gasteiger partial charge in [0.05, 0.1) is 17.4 Å². The molecule has 0 aliphatic carbocycles. The fourth-order valence-electron chi connectivity index (χ4n) is 3.47. The summed E-state index contributed by atoms with van der Waals surface area (Å²) in [6, 6.07) is 16.4. The molecular weight excluding hydrogens is 336 g/mol. The first kappa shape index (κ1) is 14.3. The maximum atomic E-state index is 4.71. The normalized spacial score (nSPS) is 11.7. The Balaban J connectivity index is 1.46. The van der Waals surface area contributed by atoms with Crippen LogP contribution in [0.3, 0.4) is 0 Å². The summed E-state index contributed by atoms with van der Waals surface area (Å²) in [7, 11) is 0. The van der Waals surface area contributed by atoms with E-state index in [2.05, 4.69) is 57.2 Å². The van der Waals surface area contributed by atoms with Crippen molar-refractivity contribution < 1.29 is 4.57 Å². The topological polar surface area (TPSA) is 42.9 Å². The first-order valence-corrected chi connectivity index (χ1v) is 8.74. The lowest BCUT2D eigenvalue weighted by molar-refractivity contribution is -0.594. The molecule has 0 amide bonds. The van der Waals surface area contributed by atoms with Crippen LogP contribution in [0.15, 0.2) is 92.0 Å². The molecule has 6 heteroatoms. The van der Waals surface area contributed by atoms with Gasteiger partial charge in [-0.3, -0.25) is 0 Å². The van der Waals surface area contributed by atoms with E-state index in [0.717, 1.165) is 33.6 Å². The van der Waals surface area contributed by atoms with Gasteiger partial charge in [0.1, 0.15) is 18.0 Å². The summed E-state index contributed by atoms with van der Waals surface area (Å²) >= 11 is 0. The van der Waals surface area contributed by atoms with E-state index >= 15 is 0 Å². The van der Waals surface area contributed by atoms with Crippen LogP contribution in [-0.4, -0.2) is 23.4 Å². The third kappa shape index (κ3) is 2.23. The molecule has 0 fully saturated rings. The number of rotatable bonds is 2. The van der Waals surface area contributed by atoms with E-state index in [9.17, 15) is 0 Å². The Labute approximate surface area is 154 Å². The van der Waals surface area contributed by atoms with Gasteiger partial charge in [-0.15, -0.1) is 0 Å². The minimum atomic E-state index is 0.946. The molecule has 6 aromatic rings. The van der Waals surface area contributed by atoms with Gasteiger partial charge >= 0.3 is 0 Å². The third-order valence-corrected chi connectivity index (χ3v) is 4.86. The standard InChI is InChI=1S/C21H15N6/c1-2-8-24-14-20(23-21(24)5-1)16-6-7-18-13-26(15-25(18)12-16)19-10-17-4-3-9-27(17)22-11-19/h1-15H/q+1. The van der Waals surface area contributed by atoms with Crippen LogP contribution in [0.2, 0.25) is 0 Å². The molecule has 6 nitrogen and oxygen atoms in total. The van der Waals surface area contributed by atoms with Crippen molar-refractivity contribution in [3.05, 3.63) is 92.0 Å². The molecule has 0 N–H and O–H groups in total. The van der Waals surface area contributed by atoms with Crippen LogP contribution >= 0.6 is 0 Å². The van der Waals surface area contributed by atoms with Crippen molar-refractivity contribution in [3.8, 4) is 16.9 Å². The van der Waals surface area contributed by atoms with Crippen LogP contribution in [0.1, 0.15) is 0 Å². The number of imidazole rings is 2. The molecule has 6 rings (SSSR count). The molecule has 0 saturated heterocycles. The zero-order valence-electron chi connectivity index (χ0n) is 14.3. The molecule has 0 atom stereocenters. The number of nitrogens with zero attached hydrogens (tertiary/aromatic N) is 6. The lowest BCUT2D eigenvalue weighted by Crippen LogP contribution is -2.27. The molecule has 128 valence electrons. The highest BCUT2D eigenvalue weighted by Gasteiger charge is 2.13. The van der Waals surface area contributed by atoms with Gasteiger partial charge in [0.2, 0.25) is 0 Å². The van der Waals surface area contributed by atoms with E-state index < -0.39 is 0 Å². The van der Waals surface area contributed by atoms with E-state index in [4.69, 9.17) is 4.98 Å². The zero-order valence-corrected chi connectivity index (χ0v) is 14.3. The van der Waals surface area contributed by atoms with Crippen LogP contribution in [0.5, 0.6) is 0 Å². The fraction of sp³-hybridized carbons (Fsp3) is 0. The first-order valence-electron chi connectivity index (χ1n) is 8.74. The smallest absolute Gasteiger partial charge is 0.254 e. The summed E-state index contributed by atoms with van der Waals surface area (Å²) in [4.78, 5) is 4.71. The van der Waals surface area contributed by atoms with E-state index in [1.54, 1.807) is 0 Å². The molecule has 6 heterocycles. The van der Waals surface area contributed by atoms with Crippen LogP contribution in [0.4, 0.5) is 0 Å². The highest BCUT2D eigenvalue weighted by Crippen LogP contribution is 2.20. The Kier molecular flexibility index (Phi) is 2.79. The second-order valence-electron chi connectivity index (χ2n) is 6.59. The summed E-state index contributed by atoms with van der Waals surface area (Å²) < 4.78 is 8.10. The highest BCUT2D eigenvalue weighted by atomic mass is 15.2. The molecule has 0 radical (unpaired) electrons. The molecule has 0 aliphatic rings. The highest BCUT2D eigenvalue weighted by molar-refractivity contribution is 5.64. The predicted molar refractivity (Wildman–Crippen MR) is 102 cm³/mol. The van der Waals surface area contributed by atoms with Gasteiger partial charge in [0.25, 0.3) is 6.33 Å². The lowest BCUT2D eigenvalue weighted by atomic mass is 10.2. The second kappa shape index (κ2) is 5.28. The maximum absolute atomic E-state index is 4.71. The summed E-state index contributed by atoms with van der Waals surface area (Å²) in [5.41, 5.74) is 6.19. The zero-order chi connectivity index (χ0) is 17.8. The summed E-state index contributed by atoms with van der Waals surface area (Å²) in [5, 5.41) is 4.45. The minimum absolute atomic E-state index is 0.946. The van der Waals surface area contributed by atoms with E-state index in [-0.39, 0.29) is 0 Å². The van der Waals surface area contributed by atoms with E-state index in [1.165, 1.54) is 0 Å². The fourth-order valence-corrected chi connectivity index (χ4v) is 3.47. The SMILES string of the molecule is c1ccn2cc(-c3ccc4c[n+](-c5cnn6cccc6c5)cn4c3)nc2c1. The number of hydrogen-bond donors (Lipinski definition) is 0. The van der Waals surface area contributed by atoms with Crippen molar-refractivity contribution in [2.24, 2.45) is 0 Å². The molecule has 27 heavy (non-hydrogen) atoms. The Hall–Kier alpha value is -3.93. The van der Waals surface area contributed by atoms with E-state index in [1.807, 2.05) is 57.8 Å². The molecule has 0 aromatic carbocycles. The van der Waals surface area contributed by atoms with Crippen LogP contribution < -0.4 is 4.57 Å². The number of hydrogen-bond acceptors (Lipinski definition) is 2. The van der Waals surface area contributed by atoms with E-state index in [0.29, 0.717) is 0 Å². The van der Waals surface area contributed by atoms with Crippen molar-refractivity contribution in [3.63, 3.8) is 0 Å². The first-order chi connectivity index (χ1) is 13.3. The quantitative estimate of drug-likeness (QED) is 0.450. The minimum Gasteiger partial charge on any atom is -0.306 e. The van der Waals surface area contributed by atoms with Gasteiger partial charge in [-0.05, 0) is 36.4 Å². The third-order valence-electron chi connectivity index (χ3n) is 4.86. The monoisotopic (exact) mass is 351 g/mol. The van der Waals surface area contributed by atoms with Gasteiger partial charge in [0.15, 0.2) is 11.2 Å². The molecule has 0 spiro atoms. The number of pyridine rings is 2. The summed E-state index contributed by atoms with van der Waals surface area (Å²) in [5.74, 6) is 0. The Bertz CT molecular complexity index is 1400. The Morgan fingerprint density at radius 1 is 0.852 bits per heavy atom. The van der Waals surface area contributed by atoms with Crippen molar-refractivity contribution in [2.45, 2.75) is 0 Å². The molecule has 0 saturated carbocycles. The predicted octanol–water partition coefficient (Wildman–Crippen LogP) is 3.18. The summed E-state index contributed by atoms with van der Waals surface area (Å²) in [6.07, 6.45) is 14.2. The van der Waals surface area contributed by atoms with Gasteiger partial charge in [-0.2, -0.15) is 9.67 Å². The second-order valence-corrected chi connectivity index (χ2v) is 6.59. The largest absolute Gasteiger partial charge is 0.306 e. The van der Waals surface area contributed by atoms with Crippen molar-refractivity contribution >= 4 is 16.7 Å². The molecule has 0 bridgehead atoms. The number of aromatic nitrogens is 6. The van der Waals surface area contributed by atoms with Crippen molar-refractivity contribution in [1.82, 2.24) is 23.4 Å². The number of fused-ring (bicyclic) bond motifs is 3. The van der Waals surface area contributed by atoms with Crippen LogP contribution in [0.25, 0.3) is 33.6 Å². The van der Waals surface area contributed by atoms with Crippen molar-refractivity contribution in [1.29, 1.82) is 0 Å². The summed E-state index contributed by atoms with van der Waals surface area (Å²) in [6.45, 7) is 0. The van der Waals surface area contributed by atoms with Gasteiger partial charge < -0.3 is 4.40 Å². The van der Waals surface area contributed by atoms with Crippen molar-refractivity contribution in [2.75, 3.05) is 0 Å². The molecule has 0 unspecified atom stereocenters. The van der Waals surface area contributed by atoms with Gasteiger partial charge in [-0.25, -0.2) is 13.9 Å². The van der Waals surface area contributed by atoms with Crippen LogP contribution in [-0.2, 0) is 0 Å². The average Bonchev–Trinajstić information content (AvgIpc) is 3.42. The van der Waals surface area contributed by atoms with Gasteiger partial charge in [0, 0.05) is 30.2 Å². The lowest BCUT2D eigenvalue weighted by Gasteiger charge is -1.96. The maximum Gasteiger partial charge on any atom is 0.254 e. The molecular formula is C21H15N6+.